The first kappa shape index (κ1) is 17.9. The fourth-order valence-corrected chi connectivity index (χ4v) is 2.48. The minimum absolute atomic E-state index is 0.183. The third kappa shape index (κ3) is 4.78. The molecule has 0 aliphatic rings. The normalized spacial score (nSPS) is 11.2. The topological polar surface area (TPSA) is 78.2 Å². The molecule has 0 fully saturated rings. The molecule has 5 nitrogen and oxygen atoms in total. The predicted octanol–water partition coefficient (Wildman–Crippen LogP) is 5.97. The Morgan fingerprint density at radius 2 is 1.48 bits per heavy atom. The lowest BCUT2D eigenvalue weighted by atomic mass is 10.1. The van der Waals surface area contributed by atoms with Gasteiger partial charge in [-0.15, -0.1) is 0 Å². The molecule has 27 heavy (non-hydrogen) atoms. The van der Waals surface area contributed by atoms with Crippen LogP contribution in [0.5, 0.6) is 0 Å². The summed E-state index contributed by atoms with van der Waals surface area (Å²) in [6, 6.07) is 25.6. The van der Waals surface area contributed by atoms with Gasteiger partial charge in [0.25, 0.3) is 0 Å². The second-order valence-corrected chi connectivity index (χ2v) is 5.64. The van der Waals surface area contributed by atoms with Gasteiger partial charge < -0.3 is 0 Å². The quantitative estimate of drug-likeness (QED) is 0.134. The summed E-state index contributed by atoms with van der Waals surface area (Å²) >= 11 is 0. The first-order valence-electron chi connectivity index (χ1n) is 8.32. The molecule has 0 bridgehead atoms. The van der Waals surface area contributed by atoms with Gasteiger partial charge in [0.1, 0.15) is 5.70 Å². The third-order valence-corrected chi connectivity index (χ3v) is 3.80. The smallest absolute Gasteiger partial charge is 0.211 e. The maximum Gasteiger partial charge on any atom is 0.211 e. The SMILES string of the molecule is [N-]=[N+]=Nc1ccccc1C=N/C(=C\c1ccccc1)C(=O)c1ccccc1. The molecule has 0 radical (unpaired) electrons. The Morgan fingerprint density at radius 3 is 2.19 bits per heavy atom. The van der Waals surface area contributed by atoms with Gasteiger partial charge in [0, 0.05) is 27.9 Å². The van der Waals surface area contributed by atoms with E-state index in [-0.39, 0.29) is 5.78 Å². The zero-order valence-corrected chi connectivity index (χ0v) is 14.4. The number of ketones is 1. The van der Waals surface area contributed by atoms with Crippen molar-refractivity contribution in [1.82, 2.24) is 0 Å². The van der Waals surface area contributed by atoms with Crippen LogP contribution in [0.1, 0.15) is 21.5 Å². The Morgan fingerprint density at radius 1 is 0.852 bits per heavy atom. The molecular formula is C22H16N4O. The second kappa shape index (κ2) is 8.94. The highest BCUT2D eigenvalue weighted by Gasteiger charge is 2.11. The number of rotatable bonds is 6. The molecule has 3 aromatic rings. The molecule has 5 heteroatoms. The monoisotopic (exact) mass is 352 g/mol. The zero-order valence-electron chi connectivity index (χ0n) is 14.4. The number of carbonyl (C=O) groups excluding carboxylic acids is 1. The van der Waals surface area contributed by atoms with Crippen LogP contribution in [0.15, 0.2) is 101 Å². The van der Waals surface area contributed by atoms with Gasteiger partial charge in [-0.1, -0.05) is 90.0 Å². The van der Waals surface area contributed by atoms with Crippen molar-refractivity contribution in [1.29, 1.82) is 0 Å². The average molecular weight is 352 g/mol. The minimum Gasteiger partial charge on any atom is -0.287 e. The first-order valence-corrected chi connectivity index (χ1v) is 8.32. The van der Waals surface area contributed by atoms with Crippen molar-refractivity contribution in [3.63, 3.8) is 0 Å². The van der Waals surface area contributed by atoms with Crippen LogP contribution in [-0.2, 0) is 0 Å². The van der Waals surface area contributed by atoms with Crippen LogP contribution in [0.4, 0.5) is 5.69 Å². The summed E-state index contributed by atoms with van der Waals surface area (Å²) in [5, 5.41) is 3.66. The number of azide groups is 1. The van der Waals surface area contributed by atoms with Crippen LogP contribution in [0.3, 0.4) is 0 Å². The number of Topliss-reactive ketones (excluding diaryl/α,β-unsaturated/α-hetero) is 1. The van der Waals surface area contributed by atoms with E-state index in [1.54, 1.807) is 42.6 Å². The lowest BCUT2D eigenvalue weighted by Gasteiger charge is -2.04. The Kier molecular flexibility index (Phi) is 5.92. The third-order valence-electron chi connectivity index (χ3n) is 3.80. The van der Waals surface area contributed by atoms with Crippen molar-refractivity contribution >= 4 is 23.8 Å². The lowest BCUT2D eigenvalue weighted by molar-refractivity contribution is 0.103. The molecule has 0 spiro atoms. The Bertz CT molecular complexity index is 1030. The number of allylic oxidation sites excluding steroid dienone is 1. The molecule has 0 saturated heterocycles. The van der Waals surface area contributed by atoms with Gasteiger partial charge in [0.15, 0.2) is 0 Å². The van der Waals surface area contributed by atoms with Gasteiger partial charge in [-0.3, -0.25) is 9.79 Å². The maximum absolute atomic E-state index is 12.9. The van der Waals surface area contributed by atoms with Gasteiger partial charge in [0.05, 0.1) is 0 Å². The van der Waals surface area contributed by atoms with E-state index in [1.165, 1.54) is 0 Å². The molecule has 0 aliphatic carbocycles. The number of hydrogen-bond acceptors (Lipinski definition) is 3. The fraction of sp³-hybridized carbons (Fsp3) is 0. The van der Waals surface area contributed by atoms with Crippen molar-refractivity contribution in [2.45, 2.75) is 0 Å². The highest BCUT2D eigenvalue weighted by Crippen LogP contribution is 2.19. The van der Waals surface area contributed by atoms with Crippen molar-refractivity contribution in [2.75, 3.05) is 0 Å². The van der Waals surface area contributed by atoms with Gasteiger partial charge in [-0.2, -0.15) is 0 Å². The molecular weight excluding hydrogens is 336 g/mol. The van der Waals surface area contributed by atoms with E-state index in [0.29, 0.717) is 22.5 Å². The highest BCUT2D eigenvalue weighted by molar-refractivity contribution is 6.12. The highest BCUT2D eigenvalue weighted by atomic mass is 16.1. The number of carbonyl (C=O) groups is 1. The Labute approximate surface area is 157 Å². The molecule has 0 atom stereocenters. The largest absolute Gasteiger partial charge is 0.287 e. The van der Waals surface area contributed by atoms with Gasteiger partial charge >= 0.3 is 0 Å². The van der Waals surface area contributed by atoms with Crippen LogP contribution >= 0.6 is 0 Å². The summed E-state index contributed by atoms with van der Waals surface area (Å²) in [6.45, 7) is 0. The van der Waals surface area contributed by atoms with Gasteiger partial charge in [0.2, 0.25) is 5.78 Å². The molecule has 0 heterocycles. The number of benzene rings is 3. The number of hydrogen-bond donors (Lipinski definition) is 0. The Balaban J connectivity index is 2.02. The summed E-state index contributed by atoms with van der Waals surface area (Å²) in [7, 11) is 0. The predicted molar refractivity (Wildman–Crippen MR) is 108 cm³/mol. The van der Waals surface area contributed by atoms with Gasteiger partial charge in [-0.05, 0) is 17.2 Å². The van der Waals surface area contributed by atoms with Crippen LogP contribution < -0.4 is 0 Å². The summed E-state index contributed by atoms with van der Waals surface area (Å²) in [4.78, 5) is 20.2. The van der Waals surface area contributed by atoms with Gasteiger partial charge in [-0.25, -0.2) is 0 Å². The van der Waals surface area contributed by atoms with E-state index in [1.807, 2.05) is 54.6 Å². The van der Waals surface area contributed by atoms with Crippen molar-refractivity contribution in [2.24, 2.45) is 10.1 Å². The van der Waals surface area contributed by atoms with Crippen molar-refractivity contribution in [3.8, 4) is 0 Å². The maximum atomic E-state index is 12.9. The van der Waals surface area contributed by atoms with E-state index >= 15 is 0 Å². The van der Waals surface area contributed by atoms with E-state index in [2.05, 4.69) is 15.0 Å². The molecule has 3 rings (SSSR count). The lowest BCUT2D eigenvalue weighted by Crippen LogP contribution is -2.02. The summed E-state index contributed by atoms with van der Waals surface area (Å²) < 4.78 is 0. The van der Waals surface area contributed by atoms with E-state index in [0.717, 1.165) is 5.56 Å². The first-order chi connectivity index (χ1) is 13.3. The summed E-state index contributed by atoms with van der Waals surface area (Å²) in [5.74, 6) is -0.183. The van der Waals surface area contributed by atoms with Crippen molar-refractivity contribution < 1.29 is 4.79 Å². The molecule has 0 aromatic heterocycles. The fourth-order valence-electron chi connectivity index (χ4n) is 2.48. The second-order valence-electron chi connectivity index (χ2n) is 5.64. The molecule has 0 aliphatic heterocycles. The van der Waals surface area contributed by atoms with Crippen LogP contribution in [0, 0.1) is 0 Å². The number of aliphatic imine (C=N–C) groups is 1. The molecule has 130 valence electrons. The van der Waals surface area contributed by atoms with E-state index < -0.39 is 0 Å². The Hall–Kier alpha value is -3.95. The van der Waals surface area contributed by atoms with Crippen LogP contribution in [-0.4, -0.2) is 12.0 Å². The average Bonchev–Trinajstić information content (AvgIpc) is 2.73. The van der Waals surface area contributed by atoms with Crippen LogP contribution in [0.2, 0.25) is 0 Å². The standard InChI is InChI=1S/C22H16N4O/c23-26-25-20-14-8-7-13-19(20)16-24-21(15-17-9-3-1-4-10-17)22(27)18-11-5-2-6-12-18/h1-16H/b21-15-,24-16?. The minimum atomic E-state index is -0.183. The van der Waals surface area contributed by atoms with Crippen LogP contribution in [0.25, 0.3) is 16.5 Å². The van der Waals surface area contributed by atoms with E-state index in [4.69, 9.17) is 5.53 Å². The van der Waals surface area contributed by atoms with Crippen molar-refractivity contribution in [3.05, 3.63) is 118 Å². The molecule has 0 N–H and O–H groups in total. The molecule has 3 aromatic carbocycles. The molecule has 0 saturated carbocycles. The summed E-state index contributed by atoms with van der Waals surface area (Å²) in [6.07, 6.45) is 3.28. The zero-order chi connectivity index (χ0) is 18.9. The summed E-state index contributed by atoms with van der Waals surface area (Å²) in [5.41, 5.74) is 11.5. The number of nitrogens with zero attached hydrogens (tertiary/aromatic N) is 4. The molecule has 0 amide bonds. The molecule has 0 unspecified atom stereocenters. The van der Waals surface area contributed by atoms with E-state index in [9.17, 15) is 4.79 Å².